The lowest BCUT2D eigenvalue weighted by Gasteiger charge is -2.12. The fraction of sp³-hybridized carbons (Fsp3) is 0.429. The van der Waals surface area contributed by atoms with Gasteiger partial charge < -0.3 is 20.1 Å². The first-order valence-corrected chi connectivity index (χ1v) is 6.44. The molecule has 2 amide bonds. The standard InChI is InChI=1S/C14H18N2O4/c1-19-10-4-3-5-11(20-2)13(10)14(18)15-8-12(17)16-9-6-7-9/h3-5,9H,6-8H2,1-2H3,(H,15,18)(H,16,17). The van der Waals surface area contributed by atoms with Crippen LogP contribution >= 0.6 is 0 Å². The summed E-state index contributed by atoms with van der Waals surface area (Å²) in [4.78, 5) is 23.7. The topological polar surface area (TPSA) is 76.7 Å². The van der Waals surface area contributed by atoms with Crippen LogP contribution in [0.2, 0.25) is 0 Å². The van der Waals surface area contributed by atoms with Crippen molar-refractivity contribution in [2.24, 2.45) is 0 Å². The van der Waals surface area contributed by atoms with E-state index in [9.17, 15) is 9.59 Å². The van der Waals surface area contributed by atoms with E-state index in [0.29, 0.717) is 11.5 Å². The highest BCUT2D eigenvalue weighted by Gasteiger charge is 2.24. The minimum atomic E-state index is -0.398. The Morgan fingerprint density at radius 1 is 1.20 bits per heavy atom. The van der Waals surface area contributed by atoms with E-state index in [1.807, 2.05) is 0 Å². The van der Waals surface area contributed by atoms with Crippen LogP contribution in [0.3, 0.4) is 0 Å². The summed E-state index contributed by atoms with van der Waals surface area (Å²) >= 11 is 0. The maximum absolute atomic E-state index is 12.2. The molecule has 0 bridgehead atoms. The molecular weight excluding hydrogens is 260 g/mol. The second kappa shape index (κ2) is 6.27. The highest BCUT2D eigenvalue weighted by Crippen LogP contribution is 2.27. The van der Waals surface area contributed by atoms with Crippen molar-refractivity contribution in [1.29, 1.82) is 0 Å². The second-order valence-electron chi connectivity index (χ2n) is 4.56. The molecule has 1 aromatic carbocycles. The molecule has 20 heavy (non-hydrogen) atoms. The number of nitrogens with one attached hydrogen (secondary N) is 2. The minimum Gasteiger partial charge on any atom is -0.496 e. The van der Waals surface area contributed by atoms with E-state index in [2.05, 4.69) is 10.6 Å². The summed E-state index contributed by atoms with van der Waals surface area (Å²) in [5.74, 6) is 0.230. The molecule has 0 atom stereocenters. The molecule has 1 aliphatic carbocycles. The van der Waals surface area contributed by atoms with Crippen LogP contribution in [0.5, 0.6) is 11.5 Å². The monoisotopic (exact) mass is 278 g/mol. The van der Waals surface area contributed by atoms with Crippen LogP contribution in [0.25, 0.3) is 0 Å². The maximum atomic E-state index is 12.2. The zero-order chi connectivity index (χ0) is 14.5. The van der Waals surface area contributed by atoms with Crippen molar-refractivity contribution in [1.82, 2.24) is 10.6 Å². The first-order chi connectivity index (χ1) is 9.65. The number of amides is 2. The van der Waals surface area contributed by atoms with Gasteiger partial charge in [-0.2, -0.15) is 0 Å². The van der Waals surface area contributed by atoms with Gasteiger partial charge in [0.05, 0.1) is 20.8 Å². The third-order valence-corrected chi connectivity index (χ3v) is 3.01. The number of rotatable bonds is 6. The van der Waals surface area contributed by atoms with Crippen molar-refractivity contribution in [2.75, 3.05) is 20.8 Å². The van der Waals surface area contributed by atoms with Crippen molar-refractivity contribution < 1.29 is 19.1 Å². The quantitative estimate of drug-likeness (QED) is 0.803. The summed E-state index contributed by atoms with van der Waals surface area (Å²) in [7, 11) is 2.96. The maximum Gasteiger partial charge on any atom is 0.259 e. The fourth-order valence-electron chi connectivity index (χ4n) is 1.83. The molecule has 1 saturated carbocycles. The first-order valence-electron chi connectivity index (χ1n) is 6.44. The molecule has 0 spiro atoms. The van der Waals surface area contributed by atoms with E-state index < -0.39 is 5.91 Å². The van der Waals surface area contributed by atoms with Crippen LogP contribution in [0.1, 0.15) is 23.2 Å². The predicted octanol–water partition coefficient (Wildman–Crippen LogP) is 0.712. The number of hydrogen-bond acceptors (Lipinski definition) is 4. The van der Waals surface area contributed by atoms with Crippen molar-refractivity contribution >= 4 is 11.8 Å². The van der Waals surface area contributed by atoms with Crippen LogP contribution in [-0.2, 0) is 4.79 Å². The van der Waals surface area contributed by atoms with Gasteiger partial charge in [0.2, 0.25) is 5.91 Å². The predicted molar refractivity (Wildman–Crippen MR) is 73.0 cm³/mol. The SMILES string of the molecule is COc1cccc(OC)c1C(=O)NCC(=O)NC1CC1. The summed E-state index contributed by atoms with van der Waals surface area (Å²) in [6.45, 7) is -0.0590. The van der Waals surface area contributed by atoms with Gasteiger partial charge in [-0.3, -0.25) is 9.59 Å². The molecule has 0 aliphatic heterocycles. The Hall–Kier alpha value is -2.24. The lowest BCUT2D eigenvalue weighted by molar-refractivity contribution is -0.120. The zero-order valence-corrected chi connectivity index (χ0v) is 11.6. The average molecular weight is 278 g/mol. The first kappa shape index (κ1) is 14.2. The highest BCUT2D eigenvalue weighted by atomic mass is 16.5. The molecule has 2 rings (SSSR count). The molecule has 6 heteroatoms. The average Bonchev–Trinajstić information content (AvgIpc) is 3.27. The lowest BCUT2D eigenvalue weighted by Crippen LogP contribution is -2.38. The Morgan fingerprint density at radius 2 is 1.80 bits per heavy atom. The second-order valence-corrected chi connectivity index (χ2v) is 4.56. The largest absolute Gasteiger partial charge is 0.496 e. The summed E-state index contributed by atoms with van der Waals surface area (Å²) in [5.41, 5.74) is 0.289. The highest BCUT2D eigenvalue weighted by molar-refractivity contribution is 6.01. The van der Waals surface area contributed by atoms with E-state index in [1.54, 1.807) is 18.2 Å². The van der Waals surface area contributed by atoms with Crippen molar-refractivity contribution in [2.45, 2.75) is 18.9 Å². The van der Waals surface area contributed by atoms with Crippen LogP contribution in [0.15, 0.2) is 18.2 Å². The van der Waals surface area contributed by atoms with Crippen molar-refractivity contribution in [3.8, 4) is 11.5 Å². The Morgan fingerprint density at radius 3 is 2.30 bits per heavy atom. The van der Waals surface area contributed by atoms with E-state index in [4.69, 9.17) is 9.47 Å². The number of methoxy groups -OCH3 is 2. The van der Waals surface area contributed by atoms with Crippen molar-refractivity contribution in [3.05, 3.63) is 23.8 Å². The molecule has 2 N–H and O–H groups in total. The number of benzene rings is 1. The summed E-state index contributed by atoms with van der Waals surface area (Å²) in [6, 6.07) is 5.35. The molecular formula is C14H18N2O4. The Balaban J connectivity index is 2.02. The molecule has 0 saturated heterocycles. The van der Waals surface area contributed by atoms with Crippen LogP contribution in [0, 0.1) is 0 Å². The smallest absolute Gasteiger partial charge is 0.259 e. The van der Waals surface area contributed by atoms with Gasteiger partial charge in [-0.15, -0.1) is 0 Å². The molecule has 108 valence electrons. The minimum absolute atomic E-state index is 0.0590. The van der Waals surface area contributed by atoms with E-state index in [0.717, 1.165) is 12.8 Å². The molecule has 0 radical (unpaired) electrons. The van der Waals surface area contributed by atoms with Gasteiger partial charge >= 0.3 is 0 Å². The zero-order valence-electron chi connectivity index (χ0n) is 11.6. The van der Waals surface area contributed by atoms with E-state index >= 15 is 0 Å². The number of carbonyl (C=O) groups excluding carboxylic acids is 2. The molecule has 1 aromatic rings. The van der Waals surface area contributed by atoms with Gasteiger partial charge in [0, 0.05) is 6.04 Å². The van der Waals surface area contributed by atoms with Gasteiger partial charge in [-0.1, -0.05) is 6.07 Å². The summed E-state index contributed by atoms with van der Waals surface area (Å²) in [6.07, 6.45) is 2.03. The van der Waals surface area contributed by atoms with Gasteiger partial charge in [0.1, 0.15) is 17.1 Å². The molecule has 0 heterocycles. The Kier molecular flexibility index (Phi) is 4.45. The molecule has 0 unspecified atom stereocenters. The van der Waals surface area contributed by atoms with E-state index in [1.165, 1.54) is 14.2 Å². The molecule has 1 fully saturated rings. The fourth-order valence-corrected chi connectivity index (χ4v) is 1.83. The van der Waals surface area contributed by atoms with E-state index in [-0.39, 0.29) is 24.1 Å². The van der Waals surface area contributed by atoms with Crippen molar-refractivity contribution in [3.63, 3.8) is 0 Å². The third kappa shape index (κ3) is 3.40. The Labute approximate surface area is 117 Å². The third-order valence-electron chi connectivity index (χ3n) is 3.01. The van der Waals surface area contributed by atoms with Gasteiger partial charge in [0.25, 0.3) is 5.91 Å². The molecule has 6 nitrogen and oxygen atoms in total. The lowest BCUT2D eigenvalue weighted by atomic mass is 10.1. The van der Waals surface area contributed by atoms with Gasteiger partial charge in [0.15, 0.2) is 0 Å². The van der Waals surface area contributed by atoms with Crippen LogP contribution in [-0.4, -0.2) is 38.6 Å². The summed E-state index contributed by atoms with van der Waals surface area (Å²) < 4.78 is 10.3. The molecule has 1 aliphatic rings. The summed E-state index contributed by atoms with van der Waals surface area (Å²) in [5, 5.41) is 5.37. The van der Waals surface area contributed by atoms with Crippen LogP contribution in [0.4, 0.5) is 0 Å². The van der Waals surface area contributed by atoms with Gasteiger partial charge in [-0.25, -0.2) is 0 Å². The number of ether oxygens (including phenoxy) is 2. The number of hydrogen-bond donors (Lipinski definition) is 2. The number of carbonyl (C=O) groups is 2. The molecule has 0 aromatic heterocycles. The van der Waals surface area contributed by atoms with Gasteiger partial charge in [-0.05, 0) is 25.0 Å². The normalized spacial score (nSPS) is 13.5. The van der Waals surface area contributed by atoms with Crippen LogP contribution < -0.4 is 20.1 Å². The Bertz CT molecular complexity index is 490.